The van der Waals surface area contributed by atoms with Crippen molar-refractivity contribution in [3.63, 3.8) is 0 Å². The van der Waals surface area contributed by atoms with Crippen LogP contribution in [0, 0.1) is 5.92 Å². The van der Waals surface area contributed by atoms with Gasteiger partial charge in [0, 0.05) is 25.9 Å². The molecule has 0 unspecified atom stereocenters. The summed E-state index contributed by atoms with van der Waals surface area (Å²) in [6.45, 7) is 7.35. The standard InChI is InChI=1S/C11H23N3O2/c1-4-5-11(15)14(8-9(2)3)7-6-10(12)13-16/h9,16H,4-8H2,1-3H3,(H2,12,13). The number of carbonyl (C=O) groups excluding carboxylic acids is 1. The fourth-order valence-electron chi connectivity index (χ4n) is 1.43. The monoisotopic (exact) mass is 229 g/mol. The molecule has 0 aromatic heterocycles. The second-order valence-electron chi connectivity index (χ2n) is 4.32. The molecule has 0 atom stereocenters. The second kappa shape index (κ2) is 7.96. The fourth-order valence-corrected chi connectivity index (χ4v) is 1.43. The van der Waals surface area contributed by atoms with E-state index >= 15 is 0 Å². The highest BCUT2D eigenvalue weighted by Crippen LogP contribution is 2.04. The van der Waals surface area contributed by atoms with Gasteiger partial charge in [0.1, 0.15) is 5.84 Å². The maximum absolute atomic E-state index is 11.8. The molecule has 0 aromatic carbocycles. The first-order valence-electron chi connectivity index (χ1n) is 5.75. The summed E-state index contributed by atoms with van der Waals surface area (Å²) in [6.07, 6.45) is 1.82. The fraction of sp³-hybridized carbons (Fsp3) is 0.818. The number of amidine groups is 1. The van der Waals surface area contributed by atoms with E-state index in [-0.39, 0.29) is 11.7 Å². The van der Waals surface area contributed by atoms with E-state index in [1.165, 1.54) is 0 Å². The van der Waals surface area contributed by atoms with Crippen LogP contribution in [0.25, 0.3) is 0 Å². The van der Waals surface area contributed by atoms with Crippen molar-refractivity contribution in [3.8, 4) is 0 Å². The first-order chi connectivity index (χ1) is 7.51. The van der Waals surface area contributed by atoms with Crippen LogP contribution in [0.15, 0.2) is 5.16 Å². The highest BCUT2D eigenvalue weighted by molar-refractivity contribution is 5.81. The molecule has 0 bridgehead atoms. The Morgan fingerprint density at radius 1 is 1.44 bits per heavy atom. The Morgan fingerprint density at radius 2 is 2.06 bits per heavy atom. The first kappa shape index (κ1) is 14.7. The third-order valence-corrected chi connectivity index (χ3v) is 2.17. The summed E-state index contributed by atoms with van der Waals surface area (Å²) >= 11 is 0. The topological polar surface area (TPSA) is 78.9 Å². The lowest BCUT2D eigenvalue weighted by molar-refractivity contribution is -0.131. The molecule has 5 heteroatoms. The molecule has 0 spiro atoms. The number of nitrogens with two attached hydrogens (primary N) is 1. The number of hydrogen-bond donors (Lipinski definition) is 2. The summed E-state index contributed by atoms with van der Waals surface area (Å²) < 4.78 is 0. The SMILES string of the molecule is CCCC(=O)N(CCC(N)=NO)CC(C)C. The largest absolute Gasteiger partial charge is 0.409 e. The van der Waals surface area contributed by atoms with Crippen LogP contribution in [-0.4, -0.2) is 34.9 Å². The average molecular weight is 229 g/mol. The van der Waals surface area contributed by atoms with Gasteiger partial charge in [-0.3, -0.25) is 4.79 Å². The predicted octanol–water partition coefficient (Wildman–Crippen LogP) is 1.41. The minimum Gasteiger partial charge on any atom is -0.409 e. The summed E-state index contributed by atoms with van der Waals surface area (Å²) in [4.78, 5) is 13.5. The molecule has 0 aliphatic carbocycles. The van der Waals surface area contributed by atoms with Crippen molar-refractivity contribution >= 4 is 11.7 Å². The van der Waals surface area contributed by atoms with Gasteiger partial charge in [0.25, 0.3) is 0 Å². The number of hydrogen-bond acceptors (Lipinski definition) is 3. The van der Waals surface area contributed by atoms with E-state index in [9.17, 15) is 4.79 Å². The van der Waals surface area contributed by atoms with Crippen LogP contribution in [0.5, 0.6) is 0 Å². The molecule has 0 saturated carbocycles. The van der Waals surface area contributed by atoms with E-state index in [0.29, 0.717) is 25.3 Å². The third-order valence-electron chi connectivity index (χ3n) is 2.17. The first-order valence-corrected chi connectivity index (χ1v) is 5.75. The highest BCUT2D eigenvalue weighted by Gasteiger charge is 2.14. The molecule has 5 nitrogen and oxygen atoms in total. The van der Waals surface area contributed by atoms with Crippen LogP contribution in [0.3, 0.4) is 0 Å². The molecule has 0 rings (SSSR count). The maximum atomic E-state index is 11.8. The van der Waals surface area contributed by atoms with Gasteiger partial charge in [-0.25, -0.2) is 0 Å². The van der Waals surface area contributed by atoms with E-state index in [0.717, 1.165) is 13.0 Å². The Labute approximate surface area is 97.3 Å². The van der Waals surface area contributed by atoms with Gasteiger partial charge in [-0.1, -0.05) is 25.9 Å². The highest BCUT2D eigenvalue weighted by atomic mass is 16.4. The zero-order valence-corrected chi connectivity index (χ0v) is 10.4. The molecule has 1 amide bonds. The minimum atomic E-state index is 0.141. The Hall–Kier alpha value is -1.26. The van der Waals surface area contributed by atoms with Crippen LogP contribution in [0.2, 0.25) is 0 Å². The van der Waals surface area contributed by atoms with E-state index < -0.39 is 0 Å². The number of oxime groups is 1. The quantitative estimate of drug-likeness (QED) is 0.300. The third kappa shape index (κ3) is 6.27. The Kier molecular flexibility index (Phi) is 7.33. The van der Waals surface area contributed by atoms with Gasteiger partial charge in [-0.2, -0.15) is 0 Å². The number of amides is 1. The molecule has 0 heterocycles. The molecule has 0 radical (unpaired) electrons. The van der Waals surface area contributed by atoms with Crippen molar-refractivity contribution in [2.45, 2.75) is 40.0 Å². The van der Waals surface area contributed by atoms with Gasteiger partial charge in [0.2, 0.25) is 5.91 Å². The summed E-state index contributed by atoms with van der Waals surface area (Å²) in [5.74, 6) is 0.730. The van der Waals surface area contributed by atoms with Crippen molar-refractivity contribution in [2.24, 2.45) is 16.8 Å². The van der Waals surface area contributed by atoms with E-state index in [1.807, 2.05) is 6.92 Å². The Morgan fingerprint density at radius 3 is 2.50 bits per heavy atom. The van der Waals surface area contributed by atoms with Gasteiger partial charge in [0.15, 0.2) is 0 Å². The number of rotatable bonds is 7. The second-order valence-corrected chi connectivity index (χ2v) is 4.32. The van der Waals surface area contributed by atoms with E-state index in [2.05, 4.69) is 19.0 Å². The lowest BCUT2D eigenvalue weighted by Gasteiger charge is -2.24. The van der Waals surface area contributed by atoms with E-state index in [1.54, 1.807) is 4.90 Å². The Balaban J connectivity index is 4.25. The lowest BCUT2D eigenvalue weighted by atomic mass is 10.2. The van der Waals surface area contributed by atoms with Crippen molar-refractivity contribution in [1.82, 2.24) is 4.90 Å². The summed E-state index contributed by atoms with van der Waals surface area (Å²) in [7, 11) is 0. The summed E-state index contributed by atoms with van der Waals surface area (Å²) in [5, 5.41) is 11.3. The molecule has 3 N–H and O–H groups in total. The summed E-state index contributed by atoms with van der Waals surface area (Å²) in [6, 6.07) is 0. The molecule has 0 aliphatic heterocycles. The molecular formula is C11H23N3O2. The van der Waals surface area contributed by atoms with Crippen LogP contribution < -0.4 is 5.73 Å². The molecule has 94 valence electrons. The van der Waals surface area contributed by atoms with Gasteiger partial charge in [-0.05, 0) is 12.3 Å². The molecular weight excluding hydrogens is 206 g/mol. The zero-order valence-electron chi connectivity index (χ0n) is 10.4. The minimum absolute atomic E-state index is 0.141. The Bertz CT molecular complexity index is 239. The van der Waals surface area contributed by atoms with E-state index in [4.69, 9.17) is 10.9 Å². The van der Waals surface area contributed by atoms with Gasteiger partial charge >= 0.3 is 0 Å². The molecule has 16 heavy (non-hydrogen) atoms. The normalized spacial score (nSPS) is 11.9. The number of nitrogens with zero attached hydrogens (tertiary/aromatic N) is 2. The van der Waals surface area contributed by atoms with Crippen molar-refractivity contribution in [2.75, 3.05) is 13.1 Å². The van der Waals surface area contributed by atoms with Crippen molar-refractivity contribution < 1.29 is 10.0 Å². The maximum Gasteiger partial charge on any atom is 0.222 e. The zero-order chi connectivity index (χ0) is 12.6. The van der Waals surface area contributed by atoms with Crippen molar-refractivity contribution in [1.29, 1.82) is 0 Å². The summed E-state index contributed by atoms with van der Waals surface area (Å²) in [5.41, 5.74) is 5.39. The van der Waals surface area contributed by atoms with Gasteiger partial charge in [-0.15, -0.1) is 0 Å². The number of carbonyl (C=O) groups is 1. The van der Waals surface area contributed by atoms with Crippen LogP contribution in [0.1, 0.15) is 40.0 Å². The van der Waals surface area contributed by atoms with Crippen LogP contribution in [0.4, 0.5) is 0 Å². The van der Waals surface area contributed by atoms with Crippen molar-refractivity contribution in [3.05, 3.63) is 0 Å². The molecule has 0 aromatic rings. The molecule has 0 aliphatic rings. The smallest absolute Gasteiger partial charge is 0.222 e. The lowest BCUT2D eigenvalue weighted by Crippen LogP contribution is -2.36. The average Bonchev–Trinajstić information content (AvgIpc) is 2.23. The van der Waals surface area contributed by atoms with Gasteiger partial charge in [0.05, 0.1) is 0 Å². The van der Waals surface area contributed by atoms with Crippen LogP contribution in [-0.2, 0) is 4.79 Å². The van der Waals surface area contributed by atoms with Gasteiger partial charge < -0.3 is 15.8 Å². The molecule has 0 saturated heterocycles. The molecule has 0 fully saturated rings. The predicted molar refractivity (Wildman–Crippen MR) is 64.4 cm³/mol. The van der Waals surface area contributed by atoms with Crippen LogP contribution >= 0.6 is 0 Å².